The van der Waals surface area contributed by atoms with Crippen molar-refractivity contribution in [2.45, 2.75) is 19.4 Å². The maximum atomic E-state index is 10.8. The Morgan fingerprint density at radius 1 is 1.50 bits per heavy atom. The zero-order valence-electron chi connectivity index (χ0n) is 11.4. The summed E-state index contributed by atoms with van der Waals surface area (Å²) in [5.74, 6) is 1.32. The van der Waals surface area contributed by atoms with Crippen molar-refractivity contribution in [3.05, 3.63) is 33.3 Å². The van der Waals surface area contributed by atoms with Crippen molar-refractivity contribution in [2.75, 3.05) is 24.5 Å². The van der Waals surface area contributed by atoms with Crippen LogP contribution in [0.2, 0.25) is 5.02 Å². The highest BCUT2D eigenvalue weighted by atomic mass is 35.5. The average Bonchev–Trinajstić information content (AvgIpc) is 2.98. The van der Waals surface area contributed by atoms with E-state index in [1.807, 2.05) is 0 Å². The third kappa shape index (κ3) is 2.15. The first-order chi connectivity index (χ1) is 9.61. The molecule has 0 aliphatic carbocycles. The fraction of sp³-hybridized carbons (Fsp3) is 0.571. The van der Waals surface area contributed by atoms with Gasteiger partial charge < -0.3 is 10.2 Å². The summed E-state index contributed by atoms with van der Waals surface area (Å²) < 4.78 is 0. The molecule has 0 bridgehead atoms. The Morgan fingerprint density at radius 3 is 2.95 bits per heavy atom. The van der Waals surface area contributed by atoms with E-state index in [1.54, 1.807) is 12.1 Å². The first kappa shape index (κ1) is 13.6. The molecule has 1 aromatic carbocycles. The molecule has 2 saturated heterocycles. The van der Waals surface area contributed by atoms with E-state index in [2.05, 4.69) is 17.1 Å². The zero-order chi connectivity index (χ0) is 14.3. The fourth-order valence-corrected chi connectivity index (χ4v) is 3.95. The summed E-state index contributed by atoms with van der Waals surface area (Å²) in [5.41, 5.74) is 0.978. The van der Waals surface area contributed by atoms with Crippen LogP contribution in [0.5, 0.6) is 0 Å². The van der Waals surface area contributed by atoms with Crippen molar-refractivity contribution in [3.8, 4) is 0 Å². The Kier molecular flexibility index (Phi) is 3.56. The first-order valence-corrected chi connectivity index (χ1v) is 7.41. The van der Waals surface area contributed by atoms with E-state index in [1.165, 1.54) is 6.07 Å². The van der Waals surface area contributed by atoms with Gasteiger partial charge in [0.05, 0.1) is 15.6 Å². The Bertz CT molecular complexity index is 537. The molecule has 0 radical (unpaired) electrons. The lowest BCUT2D eigenvalue weighted by molar-refractivity contribution is -0.384. The summed E-state index contributed by atoms with van der Waals surface area (Å²) in [6.45, 7) is 5.29. The van der Waals surface area contributed by atoms with Gasteiger partial charge >= 0.3 is 0 Å². The quantitative estimate of drug-likeness (QED) is 0.688. The van der Waals surface area contributed by atoms with Crippen LogP contribution in [-0.4, -0.2) is 30.6 Å². The highest BCUT2D eigenvalue weighted by Gasteiger charge is 2.43. The molecule has 108 valence electrons. The Hall–Kier alpha value is -1.33. The van der Waals surface area contributed by atoms with Crippen LogP contribution in [-0.2, 0) is 0 Å². The predicted molar refractivity (Wildman–Crippen MR) is 79.4 cm³/mol. The Balaban J connectivity index is 1.91. The van der Waals surface area contributed by atoms with Crippen LogP contribution in [0.3, 0.4) is 0 Å². The number of benzene rings is 1. The molecular formula is C14H18ClN3O2. The third-order valence-electron chi connectivity index (χ3n) is 4.59. The van der Waals surface area contributed by atoms with E-state index >= 15 is 0 Å². The molecule has 1 aromatic rings. The molecule has 1 N–H and O–H groups in total. The molecule has 5 nitrogen and oxygen atoms in total. The van der Waals surface area contributed by atoms with Crippen molar-refractivity contribution < 1.29 is 4.92 Å². The number of anilines is 1. The van der Waals surface area contributed by atoms with Gasteiger partial charge in [-0.25, -0.2) is 0 Å². The molecule has 0 saturated carbocycles. The molecule has 2 heterocycles. The maximum absolute atomic E-state index is 10.8. The number of rotatable bonds is 3. The zero-order valence-corrected chi connectivity index (χ0v) is 12.1. The van der Waals surface area contributed by atoms with Crippen LogP contribution in [0.15, 0.2) is 18.2 Å². The van der Waals surface area contributed by atoms with Gasteiger partial charge in [-0.1, -0.05) is 18.5 Å². The van der Waals surface area contributed by atoms with Gasteiger partial charge in [0.15, 0.2) is 0 Å². The molecule has 0 spiro atoms. The summed E-state index contributed by atoms with van der Waals surface area (Å²) in [4.78, 5) is 12.7. The van der Waals surface area contributed by atoms with Crippen molar-refractivity contribution in [3.63, 3.8) is 0 Å². The van der Waals surface area contributed by atoms with Gasteiger partial charge in [0.25, 0.3) is 5.69 Å². The number of hydrogen-bond donors (Lipinski definition) is 1. The van der Waals surface area contributed by atoms with Crippen LogP contribution in [0.1, 0.15) is 13.3 Å². The van der Waals surface area contributed by atoms with E-state index in [4.69, 9.17) is 11.6 Å². The number of hydrogen-bond acceptors (Lipinski definition) is 4. The Labute approximate surface area is 123 Å². The SMILES string of the molecule is CCC1C2CNCC2CN1c1ccc([N+](=O)[O-])cc1Cl. The molecule has 2 fully saturated rings. The lowest BCUT2D eigenvalue weighted by atomic mass is 9.93. The minimum Gasteiger partial charge on any atom is -0.367 e. The number of nitrogens with zero attached hydrogens (tertiary/aromatic N) is 2. The molecule has 3 atom stereocenters. The second-order valence-corrected chi connectivity index (χ2v) is 6.01. The van der Waals surface area contributed by atoms with Gasteiger partial charge in [-0.2, -0.15) is 0 Å². The molecular weight excluding hydrogens is 278 g/mol. The lowest BCUT2D eigenvalue weighted by Crippen LogP contribution is -2.35. The monoisotopic (exact) mass is 295 g/mol. The smallest absolute Gasteiger partial charge is 0.271 e. The normalized spacial score (nSPS) is 28.7. The minimum absolute atomic E-state index is 0.0489. The van der Waals surface area contributed by atoms with Crippen molar-refractivity contribution >= 4 is 23.0 Å². The second-order valence-electron chi connectivity index (χ2n) is 5.60. The summed E-state index contributed by atoms with van der Waals surface area (Å²) >= 11 is 6.27. The standard InChI is InChI=1S/C14H18ClN3O2/c1-2-13-11-7-16-6-9(11)8-17(13)14-4-3-10(18(19)20)5-12(14)15/h3-5,9,11,13,16H,2,6-8H2,1H3. The van der Waals surface area contributed by atoms with Gasteiger partial charge in [-0.05, 0) is 24.3 Å². The predicted octanol–water partition coefficient (Wildman–Crippen LogP) is 2.68. The van der Waals surface area contributed by atoms with Gasteiger partial charge in [0, 0.05) is 37.8 Å². The topological polar surface area (TPSA) is 58.4 Å². The number of non-ortho nitro benzene ring substituents is 1. The van der Waals surface area contributed by atoms with Gasteiger partial charge in [-0.15, -0.1) is 0 Å². The average molecular weight is 296 g/mol. The van der Waals surface area contributed by atoms with Crippen molar-refractivity contribution in [1.29, 1.82) is 0 Å². The van der Waals surface area contributed by atoms with Crippen molar-refractivity contribution in [1.82, 2.24) is 5.32 Å². The number of nitro groups is 1. The number of fused-ring (bicyclic) bond motifs is 1. The van der Waals surface area contributed by atoms with Crippen LogP contribution < -0.4 is 10.2 Å². The number of halogens is 1. The molecule has 0 amide bonds. The van der Waals surface area contributed by atoms with Crippen molar-refractivity contribution in [2.24, 2.45) is 11.8 Å². The molecule has 3 unspecified atom stereocenters. The molecule has 2 aliphatic heterocycles. The summed E-state index contributed by atoms with van der Waals surface area (Å²) in [7, 11) is 0. The summed E-state index contributed by atoms with van der Waals surface area (Å²) in [6, 6.07) is 5.25. The highest BCUT2D eigenvalue weighted by molar-refractivity contribution is 6.33. The largest absolute Gasteiger partial charge is 0.367 e. The van der Waals surface area contributed by atoms with E-state index in [0.29, 0.717) is 22.9 Å². The van der Waals surface area contributed by atoms with E-state index in [9.17, 15) is 10.1 Å². The second kappa shape index (κ2) is 5.22. The van der Waals surface area contributed by atoms with Crippen LogP contribution in [0.4, 0.5) is 11.4 Å². The van der Waals surface area contributed by atoms with Gasteiger partial charge in [0.1, 0.15) is 0 Å². The van der Waals surface area contributed by atoms with E-state index in [0.717, 1.165) is 31.7 Å². The lowest BCUT2D eigenvalue weighted by Gasteiger charge is -2.29. The number of nitro benzene ring substituents is 1. The minimum atomic E-state index is -0.407. The van der Waals surface area contributed by atoms with Crippen LogP contribution in [0.25, 0.3) is 0 Å². The highest BCUT2D eigenvalue weighted by Crippen LogP contribution is 2.40. The fourth-order valence-electron chi connectivity index (χ4n) is 3.67. The molecule has 3 rings (SSSR count). The van der Waals surface area contributed by atoms with Crippen LogP contribution in [0, 0.1) is 22.0 Å². The van der Waals surface area contributed by atoms with Crippen LogP contribution >= 0.6 is 11.6 Å². The van der Waals surface area contributed by atoms with Gasteiger partial charge in [0.2, 0.25) is 0 Å². The number of nitrogens with one attached hydrogen (secondary N) is 1. The molecule has 2 aliphatic rings. The van der Waals surface area contributed by atoms with E-state index < -0.39 is 4.92 Å². The maximum Gasteiger partial charge on any atom is 0.271 e. The third-order valence-corrected chi connectivity index (χ3v) is 4.89. The molecule has 20 heavy (non-hydrogen) atoms. The summed E-state index contributed by atoms with van der Waals surface area (Å²) in [5, 5.41) is 14.7. The van der Waals surface area contributed by atoms with E-state index in [-0.39, 0.29) is 5.69 Å². The van der Waals surface area contributed by atoms with Gasteiger partial charge in [-0.3, -0.25) is 10.1 Å². The Morgan fingerprint density at radius 2 is 2.30 bits per heavy atom. The summed E-state index contributed by atoms with van der Waals surface area (Å²) in [6.07, 6.45) is 1.07. The first-order valence-electron chi connectivity index (χ1n) is 7.03. The molecule has 6 heteroatoms. The molecule has 0 aromatic heterocycles.